The molecule has 0 fully saturated rings. The fourth-order valence-corrected chi connectivity index (χ4v) is 2.03. The topological polar surface area (TPSA) is 48.0 Å². The molecule has 0 spiro atoms. The van der Waals surface area contributed by atoms with Crippen LogP contribution in [0.15, 0.2) is 30.5 Å². The van der Waals surface area contributed by atoms with Crippen molar-refractivity contribution in [3.63, 3.8) is 0 Å². The van der Waals surface area contributed by atoms with E-state index in [-0.39, 0.29) is 5.91 Å². The zero-order valence-corrected chi connectivity index (χ0v) is 9.60. The molecule has 3 heteroatoms. The molecule has 1 amide bonds. The van der Waals surface area contributed by atoms with Gasteiger partial charge >= 0.3 is 0 Å². The van der Waals surface area contributed by atoms with Gasteiger partial charge in [-0.25, -0.2) is 0 Å². The van der Waals surface area contributed by atoms with Gasteiger partial charge in [-0.1, -0.05) is 18.2 Å². The van der Waals surface area contributed by atoms with Crippen molar-refractivity contribution in [2.45, 2.75) is 26.3 Å². The highest BCUT2D eigenvalue weighted by Crippen LogP contribution is 2.24. The lowest BCUT2D eigenvalue weighted by atomic mass is 10.1. The lowest BCUT2D eigenvalue weighted by molar-refractivity contribution is -0.117. The van der Waals surface area contributed by atoms with Crippen LogP contribution < -0.4 is 5.73 Å². The molecule has 0 saturated carbocycles. The van der Waals surface area contributed by atoms with E-state index in [9.17, 15) is 4.79 Å². The number of carbonyl (C=O) groups excluding carboxylic acids is 1. The molecule has 1 heterocycles. The summed E-state index contributed by atoms with van der Waals surface area (Å²) in [7, 11) is 0. The van der Waals surface area contributed by atoms with Gasteiger partial charge in [0.25, 0.3) is 0 Å². The van der Waals surface area contributed by atoms with Crippen molar-refractivity contribution < 1.29 is 4.79 Å². The van der Waals surface area contributed by atoms with E-state index in [1.807, 2.05) is 24.4 Å². The fourth-order valence-electron chi connectivity index (χ4n) is 2.03. The van der Waals surface area contributed by atoms with E-state index in [2.05, 4.69) is 24.5 Å². The molecule has 2 N–H and O–H groups in total. The molecule has 1 aromatic carbocycles. The predicted molar refractivity (Wildman–Crippen MR) is 65.2 cm³/mol. The van der Waals surface area contributed by atoms with Crippen molar-refractivity contribution in [2.24, 2.45) is 5.73 Å². The van der Waals surface area contributed by atoms with E-state index in [0.29, 0.717) is 12.5 Å². The first kappa shape index (κ1) is 10.7. The normalized spacial score (nSPS) is 11.2. The first-order valence-corrected chi connectivity index (χ1v) is 5.46. The van der Waals surface area contributed by atoms with Crippen molar-refractivity contribution in [3.8, 4) is 0 Å². The van der Waals surface area contributed by atoms with Crippen molar-refractivity contribution in [3.05, 3.63) is 36.0 Å². The van der Waals surface area contributed by atoms with Gasteiger partial charge in [0.15, 0.2) is 0 Å². The molecular formula is C13H16N2O. The summed E-state index contributed by atoms with van der Waals surface area (Å²) in [5, 5.41) is 1.12. The first-order valence-electron chi connectivity index (χ1n) is 5.46. The second-order valence-electron chi connectivity index (χ2n) is 4.32. The number of hydrogen-bond donors (Lipinski definition) is 1. The third-order valence-corrected chi connectivity index (χ3v) is 2.74. The summed E-state index contributed by atoms with van der Waals surface area (Å²) in [5.41, 5.74) is 7.42. The SMILES string of the molecule is CC(C)n1cc(CC(N)=O)c2ccccc21. The Morgan fingerprint density at radius 3 is 2.69 bits per heavy atom. The van der Waals surface area contributed by atoms with E-state index in [4.69, 9.17) is 5.73 Å². The average Bonchev–Trinajstić information content (AvgIpc) is 2.57. The minimum Gasteiger partial charge on any atom is -0.369 e. The van der Waals surface area contributed by atoms with Crippen LogP contribution in [0, 0.1) is 0 Å². The maximum atomic E-state index is 11.0. The highest BCUT2D eigenvalue weighted by atomic mass is 16.1. The summed E-state index contributed by atoms with van der Waals surface area (Å²) in [6.07, 6.45) is 2.33. The predicted octanol–water partition coefficient (Wildman–Crippen LogP) is 2.25. The Labute approximate surface area is 94.9 Å². The second-order valence-corrected chi connectivity index (χ2v) is 4.32. The van der Waals surface area contributed by atoms with E-state index in [1.165, 1.54) is 0 Å². The number of nitrogens with two attached hydrogens (primary N) is 1. The summed E-state index contributed by atoms with van der Waals surface area (Å²) < 4.78 is 2.17. The Morgan fingerprint density at radius 2 is 2.06 bits per heavy atom. The van der Waals surface area contributed by atoms with Crippen molar-refractivity contribution in [1.82, 2.24) is 4.57 Å². The third-order valence-electron chi connectivity index (χ3n) is 2.74. The highest BCUT2D eigenvalue weighted by Gasteiger charge is 2.11. The summed E-state index contributed by atoms with van der Waals surface area (Å²) in [4.78, 5) is 11.0. The molecule has 0 radical (unpaired) electrons. The van der Waals surface area contributed by atoms with Crippen LogP contribution in [0.3, 0.4) is 0 Å². The van der Waals surface area contributed by atoms with E-state index in [1.54, 1.807) is 0 Å². The summed E-state index contributed by atoms with van der Waals surface area (Å²) in [5.74, 6) is -0.286. The van der Waals surface area contributed by atoms with Crippen LogP contribution in [-0.2, 0) is 11.2 Å². The number of primary amides is 1. The van der Waals surface area contributed by atoms with Gasteiger partial charge in [-0.2, -0.15) is 0 Å². The minimum atomic E-state index is -0.286. The zero-order valence-electron chi connectivity index (χ0n) is 9.60. The van der Waals surface area contributed by atoms with Crippen LogP contribution in [0.2, 0.25) is 0 Å². The van der Waals surface area contributed by atoms with Crippen LogP contribution in [0.5, 0.6) is 0 Å². The summed E-state index contributed by atoms with van der Waals surface area (Å²) >= 11 is 0. The molecule has 16 heavy (non-hydrogen) atoms. The molecule has 2 aromatic rings. The van der Waals surface area contributed by atoms with Crippen LogP contribution in [-0.4, -0.2) is 10.5 Å². The number of nitrogens with zero attached hydrogens (tertiary/aromatic N) is 1. The Bertz CT molecular complexity index is 526. The number of fused-ring (bicyclic) bond motifs is 1. The fraction of sp³-hybridized carbons (Fsp3) is 0.308. The molecule has 2 rings (SSSR count). The molecule has 0 bridgehead atoms. The molecule has 1 aromatic heterocycles. The summed E-state index contributed by atoms with van der Waals surface area (Å²) in [6.45, 7) is 4.25. The average molecular weight is 216 g/mol. The Kier molecular flexibility index (Phi) is 2.69. The Morgan fingerprint density at radius 1 is 1.38 bits per heavy atom. The maximum absolute atomic E-state index is 11.0. The van der Waals surface area contributed by atoms with Gasteiger partial charge in [0.1, 0.15) is 0 Å². The zero-order chi connectivity index (χ0) is 11.7. The molecule has 0 atom stereocenters. The van der Waals surface area contributed by atoms with Crippen LogP contribution >= 0.6 is 0 Å². The smallest absolute Gasteiger partial charge is 0.221 e. The van der Waals surface area contributed by atoms with E-state index >= 15 is 0 Å². The third kappa shape index (κ3) is 1.81. The van der Waals surface area contributed by atoms with Gasteiger partial charge in [-0.3, -0.25) is 4.79 Å². The lowest BCUT2D eigenvalue weighted by Crippen LogP contribution is -2.13. The first-order chi connectivity index (χ1) is 7.59. The molecule has 0 saturated heterocycles. The molecule has 0 aliphatic carbocycles. The van der Waals surface area contributed by atoms with E-state index in [0.717, 1.165) is 16.5 Å². The molecule has 0 aliphatic heterocycles. The number of rotatable bonds is 3. The molecule has 0 aliphatic rings. The lowest BCUT2D eigenvalue weighted by Gasteiger charge is -2.08. The quantitative estimate of drug-likeness (QED) is 0.840. The van der Waals surface area contributed by atoms with Crippen LogP contribution in [0.1, 0.15) is 25.5 Å². The minimum absolute atomic E-state index is 0.286. The Balaban J connectivity index is 2.62. The standard InChI is InChI=1S/C13H16N2O/c1-9(2)15-8-10(7-13(14)16)11-5-3-4-6-12(11)15/h3-6,8-9H,7H2,1-2H3,(H2,14,16). The number of amides is 1. The second kappa shape index (κ2) is 4.00. The summed E-state index contributed by atoms with van der Waals surface area (Å²) in [6, 6.07) is 8.48. The van der Waals surface area contributed by atoms with Gasteiger partial charge in [-0.05, 0) is 25.5 Å². The number of hydrogen-bond acceptors (Lipinski definition) is 1. The van der Waals surface area contributed by atoms with E-state index < -0.39 is 0 Å². The van der Waals surface area contributed by atoms with Gasteiger partial charge in [0, 0.05) is 23.1 Å². The van der Waals surface area contributed by atoms with Crippen molar-refractivity contribution in [2.75, 3.05) is 0 Å². The van der Waals surface area contributed by atoms with Gasteiger partial charge < -0.3 is 10.3 Å². The number of benzene rings is 1. The molecular weight excluding hydrogens is 200 g/mol. The molecule has 84 valence electrons. The van der Waals surface area contributed by atoms with Gasteiger partial charge in [0.05, 0.1) is 6.42 Å². The Hall–Kier alpha value is -1.77. The molecule has 0 unspecified atom stereocenters. The number of para-hydroxylation sites is 1. The van der Waals surface area contributed by atoms with Gasteiger partial charge in [-0.15, -0.1) is 0 Å². The largest absolute Gasteiger partial charge is 0.369 e. The van der Waals surface area contributed by atoms with Crippen LogP contribution in [0.4, 0.5) is 0 Å². The van der Waals surface area contributed by atoms with Gasteiger partial charge in [0.2, 0.25) is 5.91 Å². The van der Waals surface area contributed by atoms with Crippen molar-refractivity contribution in [1.29, 1.82) is 0 Å². The monoisotopic (exact) mass is 216 g/mol. The number of carbonyl (C=O) groups is 1. The molecule has 3 nitrogen and oxygen atoms in total. The maximum Gasteiger partial charge on any atom is 0.221 e. The van der Waals surface area contributed by atoms with Crippen LogP contribution in [0.25, 0.3) is 10.9 Å². The number of aromatic nitrogens is 1. The highest BCUT2D eigenvalue weighted by molar-refractivity contribution is 5.88. The van der Waals surface area contributed by atoms with Crippen molar-refractivity contribution >= 4 is 16.8 Å².